The Morgan fingerprint density at radius 3 is 2.59 bits per heavy atom. The van der Waals surface area contributed by atoms with Crippen LogP contribution in [0.15, 0.2) is 60.7 Å². The highest BCUT2D eigenvalue weighted by molar-refractivity contribution is 6.31. The summed E-state index contributed by atoms with van der Waals surface area (Å²) in [6.45, 7) is 4.63. The second-order valence-corrected chi connectivity index (χ2v) is 11.8. The van der Waals surface area contributed by atoms with Crippen molar-refractivity contribution in [3.8, 4) is 11.5 Å². The molecule has 41 heavy (non-hydrogen) atoms. The van der Waals surface area contributed by atoms with Crippen molar-refractivity contribution in [1.29, 1.82) is 0 Å². The molecule has 1 saturated carbocycles. The predicted molar refractivity (Wildman–Crippen MR) is 155 cm³/mol. The van der Waals surface area contributed by atoms with E-state index in [2.05, 4.69) is 5.32 Å². The molecule has 214 valence electrons. The van der Waals surface area contributed by atoms with Crippen LogP contribution in [0.4, 0.5) is 10.1 Å². The van der Waals surface area contributed by atoms with Gasteiger partial charge in [0.15, 0.2) is 0 Å². The lowest BCUT2D eigenvalue weighted by Crippen LogP contribution is -2.63. The minimum atomic E-state index is -1.68. The molecule has 6 rings (SSSR count). The first-order valence-electron chi connectivity index (χ1n) is 13.8. The van der Waals surface area contributed by atoms with E-state index in [4.69, 9.17) is 27.9 Å². The van der Waals surface area contributed by atoms with Crippen LogP contribution in [0.1, 0.15) is 48.5 Å². The van der Waals surface area contributed by atoms with E-state index in [1.807, 2.05) is 18.7 Å². The number of halogens is 3. The maximum Gasteiger partial charge on any atom is 0.285 e. The molecule has 2 amide bonds. The molecule has 0 radical (unpaired) electrons. The number of hydrogen-bond acceptors (Lipinski definition) is 5. The first kappa shape index (κ1) is 27.8. The van der Waals surface area contributed by atoms with Crippen molar-refractivity contribution in [2.75, 3.05) is 18.4 Å². The van der Waals surface area contributed by atoms with E-state index in [1.165, 1.54) is 18.2 Å². The summed E-state index contributed by atoms with van der Waals surface area (Å²) in [6, 6.07) is 14.6. The minimum Gasteiger partial charge on any atom is -0.508 e. The summed E-state index contributed by atoms with van der Waals surface area (Å²) in [5.74, 6) is -1.57. The number of carbonyl (C=O) groups excluding carboxylic acids is 2. The smallest absolute Gasteiger partial charge is 0.285 e. The van der Waals surface area contributed by atoms with Crippen LogP contribution in [0.2, 0.25) is 10.0 Å². The van der Waals surface area contributed by atoms with Crippen LogP contribution in [0.3, 0.4) is 0 Å². The Labute approximate surface area is 247 Å². The maximum absolute atomic E-state index is 16.0. The normalized spacial score (nSPS) is 25.5. The van der Waals surface area contributed by atoms with E-state index in [-0.39, 0.29) is 28.8 Å². The Balaban J connectivity index is 1.56. The third-order valence-electron chi connectivity index (χ3n) is 8.50. The highest BCUT2D eigenvalue weighted by Crippen LogP contribution is 2.54. The number of ether oxygens (including phenoxy) is 1. The maximum atomic E-state index is 16.0. The molecular formula is C31H30Cl2FN3O4. The van der Waals surface area contributed by atoms with Gasteiger partial charge in [-0.2, -0.15) is 0 Å². The molecule has 3 aliphatic rings. The van der Waals surface area contributed by atoms with Gasteiger partial charge in [-0.05, 0) is 81.1 Å². The van der Waals surface area contributed by atoms with E-state index >= 15 is 4.39 Å². The van der Waals surface area contributed by atoms with Gasteiger partial charge in [-0.3, -0.25) is 14.5 Å². The molecule has 2 unspecified atom stereocenters. The molecule has 1 aliphatic carbocycles. The minimum absolute atomic E-state index is 0.0401. The fourth-order valence-electron chi connectivity index (χ4n) is 6.42. The number of carbonyl (C=O) groups is 2. The number of hydrogen-bond donors (Lipinski definition) is 2. The molecule has 0 bridgehead atoms. The fourth-order valence-corrected chi connectivity index (χ4v) is 6.77. The van der Waals surface area contributed by atoms with Crippen molar-refractivity contribution in [1.82, 2.24) is 9.80 Å². The summed E-state index contributed by atoms with van der Waals surface area (Å²) in [7, 11) is 0. The van der Waals surface area contributed by atoms with Crippen molar-refractivity contribution in [3.05, 3.63) is 87.7 Å². The molecule has 3 aromatic carbocycles. The molecule has 2 N–H and O–H groups in total. The monoisotopic (exact) mass is 597 g/mol. The second-order valence-electron chi connectivity index (χ2n) is 11.0. The summed E-state index contributed by atoms with van der Waals surface area (Å²) in [5, 5.41) is 13.1. The van der Waals surface area contributed by atoms with E-state index in [0.717, 1.165) is 12.8 Å². The molecule has 7 nitrogen and oxygen atoms in total. The molecule has 2 fully saturated rings. The molecule has 3 aromatic rings. The summed E-state index contributed by atoms with van der Waals surface area (Å²) < 4.78 is 22.7. The average Bonchev–Trinajstić information content (AvgIpc) is 3.74. The van der Waals surface area contributed by atoms with Gasteiger partial charge in [0.2, 0.25) is 0 Å². The van der Waals surface area contributed by atoms with Gasteiger partial charge in [0, 0.05) is 35.3 Å². The Bertz CT molecular complexity index is 1520. The van der Waals surface area contributed by atoms with Gasteiger partial charge < -0.3 is 20.1 Å². The van der Waals surface area contributed by atoms with Crippen molar-refractivity contribution >= 4 is 40.7 Å². The van der Waals surface area contributed by atoms with Crippen LogP contribution in [0.25, 0.3) is 0 Å². The number of likely N-dealkylation sites (tertiary alicyclic amines) is 1. The van der Waals surface area contributed by atoms with E-state index in [9.17, 15) is 14.7 Å². The predicted octanol–water partition coefficient (Wildman–Crippen LogP) is 6.29. The zero-order valence-electron chi connectivity index (χ0n) is 22.6. The van der Waals surface area contributed by atoms with Gasteiger partial charge in [0.05, 0.1) is 22.7 Å². The van der Waals surface area contributed by atoms with Gasteiger partial charge >= 0.3 is 0 Å². The summed E-state index contributed by atoms with van der Waals surface area (Å²) >= 11 is 12.5. The molecular weight excluding hydrogens is 568 g/mol. The number of amides is 2. The molecule has 4 atom stereocenters. The lowest BCUT2D eigenvalue weighted by molar-refractivity contribution is -0.152. The van der Waals surface area contributed by atoms with Crippen molar-refractivity contribution in [2.24, 2.45) is 5.92 Å². The zero-order chi connectivity index (χ0) is 29.1. The number of rotatable bonds is 6. The van der Waals surface area contributed by atoms with Gasteiger partial charge in [0.1, 0.15) is 17.3 Å². The van der Waals surface area contributed by atoms with Crippen LogP contribution >= 0.6 is 23.2 Å². The SMILES string of the molecule is CCN(C(=O)c1ccc(O)cc1)[C@@H]1C(C)N(CC2CC2)C2(Oc3ccc(Cl)cc3NC2=O)[C@H]1c1cccc(Cl)c1F. The largest absolute Gasteiger partial charge is 0.508 e. The van der Waals surface area contributed by atoms with Crippen LogP contribution in [-0.2, 0) is 4.79 Å². The van der Waals surface area contributed by atoms with E-state index in [0.29, 0.717) is 34.5 Å². The zero-order valence-corrected chi connectivity index (χ0v) is 24.1. The lowest BCUT2D eigenvalue weighted by atomic mass is 9.81. The summed E-state index contributed by atoms with van der Waals surface area (Å²) in [5.41, 5.74) is -0.696. The number of nitrogens with one attached hydrogen (secondary N) is 1. The van der Waals surface area contributed by atoms with E-state index < -0.39 is 35.5 Å². The molecule has 2 aliphatic heterocycles. The standard InChI is InChI=1S/C31H30Cl2FN3O4/c1-3-36(29(39)19-9-12-21(38)13-10-19)28-17(2)37(16-18-7-8-18)31(26(28)22-5-4-6-23(33)27(22)34)30(40)35-24-15-20(32)11-14-25(24)41-31/h4-6,9-15,17-18,26,28,38H,3,7-8,16H2,1-2H3,(H,35,40)/t17?,26-,28+,31?/m0/s1. The third kappa shape index (κ3) is 4.62. The Hall–Kier alpha value is -3.33. The molecule has 0 aromatic heterocycles. The molecule has 1 saturated heterocycles. The van der Waals surface area contributed by atoms with Crippen molar-refractivity contribution in [3.63, 3.8) is 0 Å². The summed E-state index contributed by atoms with van der Waals surface area (Å²) in [6.07, 6.45) is 2.02. The third-order valence-corrected chi connectivity index (χ3v) is 9.03. The second kappa shape index (κ2) is 10.5. The summed E-state index contributed by atoms with van der Waals surface area (Å²) in [4.78, 5) is 32.1. The van der Waals surface area contributed by atoms with Crippen LogP contribution in [0, 0.1) is 11.7 Å². The molecule has 2 heterocycles. The number of nitrogens with zero attached hydrogens (tertiary/aromatic N) is 2. The Morgan fingerprint density at radius 2 is 1.90 bits per heavy atom. The number of phenolic OH excluding ortho intramolecular Hbond substituents is 1. The number of aromatic hydroxyl groups is 1. The number of anilines is 1. The number of phenols is 1. The van der Waals surface area contributed by atoms with E-state index in [1.54, 1.807) is 47.4 Å². The topological polar surface area (TPSA) is 82.1 Å². The van der Waals surface area contributed by atoms with Crippen molar-refractivity contribution < 1.29 is 23.8 Å². The van der Waals surface area contributed by atoms with Crippen LogP contribution in [0.5, 0.6) is 11.5 Å². The van der Waals surface area contributed by atoms with Crippen LogP contribution in [-0.4, -0.2) is 57.6 Å². The lowest BCUT2D eigenvalue weighted by Gasteiger charge is -2.45. The first-order valence-corrected chi connectivity index (χ1v) is 14.5. The van der Waals surface area contributed by atoms with Crippen molar-refractivity contribution in [2.45, 2.75) is 50.4 Å². The number of likely N-dealkylation sites (N-methyl/N-ethyl adjacent to an activating group) is 1. The Kier molecular flexibility index (Phi) is 7.12. The van der Waals surface area contributed by atoms with Crippen LogP contribution < -0.4 is 10.1 Å². The number of benzene rings is 3. The van der Waals surface area contributed by atoms with Gasteiger partial charge in [-0.25, -0.2) is 4.39 Å². The Morgan fingerprint density at radius 1 is 1.17 bits per heavy atom. The fraction of sp³-hybridized carbons (Fsp3) is 0.355. The highest BCUT2D eigenvalue weighted by Gasteiger charge is 2.68. The highest BCUT2D eigenvalue weighted by atomic mass is 35.5. The molecule has 10 heteroatoms. The van der Waals surface area contributed by atoms with Gasteiger partial charge in [0.25, 0.3) is 17.5 Å². The molecule has 1 spiro atoms. The average molecular weight is 599 g/mol. The quantitative estimate of drug-likeness (QED) is 0.349. The van der Waals surface area contributed by atoms with Gasteiger partial charge in [-0.1, -0.05) is 35.3 Å². The van der Waals surface area contributed by atoms with Gasteiger partial charge in [-0.15, -0.1) is 0 Å². The first-order chi connectivity index (χ1) is 19.6. The number of fused-ring (bicyclic) bond motifs is 1.